The molecule has 0 aliphatic heterocycles. The molecule has 8 heteroatoms. The van der Waals surface area contributed by atoms with Crippen molar-refractivity contribution >= 4 is 17.1 Å². The lowest BCUT2D eigenvalue weighted by Gasteiger charge is -2.23. The normalized spacial score (nSPS) is 15.2. The lowest BCUT2D eigenvalue weighted by atomic mass is 10.1. The van der Waals surface area contributed by atoms with Crippen LogP contribution in [-0.2, 0) is 15.6 Å². The summed E-state index contributed by atoms with van der Waals surface area (Å²) in [5.41, 5.74) is -0.682. The van der Waals surface area contributed by atoms with E-state index in [1.165, 1.54) is 12.1 Å². The largest absolute Gasteiger partial charge is 0.573 e. The van der Waals surface area contributed by atoms with Gasteiger partial charge in [0.2, 0.25) is 0 Å². The van der Waals surface area contributed by atoms with Crippen LogP contribution in [0.25, 0.3) is 0 Å². The van der Waals surface area contributed by atoms with E-state index in [4.69, 9.17) is 9.47 Å². The average Bonchev–Trinajstić information content (AvgIpc) is 3.22. The van der Waals surface area contributed by atoms with Gasteiger partial charge in [0.15, 0.2) is 26.2 Å². The smallest absolute Gasteiger partial charge is 0.428 e. The van der Waals surface area contributed by atoms with Crippen LogP contribution >= 0.6 is 0 Å². The Morgan fingerprint density at radius 2 is 1.38 bits per heavy atom. The van der Waals surface area contributed by atoms with Gasteiger partial charge in [-0.1, -0.05) is 36.4 Å². The van der Waals surface area contributed by atoms with Crippen molar-refractivity contribution in [2.45, 2.75) is 59.3 Å². The zero-order valence-corrected chi connectivity index (χ0v) is 19.3. The fourth-order valence-corrected chi connectivity index (χ4v) is 6.07. The van der Waals surface area contributed by atoms with Gasteiger partial charge >= 0.3 is 12.5 Å². The molecule has 1 aliphatic rings. The van der Waals surface area contributed by atoms with Gasteiger partial charge in [0.25, 0.3) is 0 Å². The number of carbonyl (C=O) groups is 1. The molecule has 0 amide bonds. The molecule has 0 atom stereocenters. The first-order valence-corrected chi connectivity index (χ1v) is 12.1. The Kier molecular flexibility index (Phi) is 7.07. The number of benzene rings is 3. The van der Waals surface area contributed by atoms with Gasteiger partial charge in [-0.05, 0) is 69.0 Å². The Balaban J connectivity index is 1.71. The fraction of sp³-hybridized carbons (Fsp3) is 0.269. The van der Waals surface area contributed by atoms with Crippen molar-refractivity contribution < 1.29 is 32.2 Å². The van der Waals surface area contributed by atoms with E-state index < -0.39 is 34.8 Å². The van der Waals surface area contributed by atoms with Crippen LogP contribution < -0.4 is 9.47 Å². The molecule has 178 valence electrons. The third kappa shape index (κ3) is 6.05. The quantitative estimate of drug-likeness (QED) is 0.204. The summed E-state index contributed by atoms with van der Waals surface area (Å²) >= 11 is 0. The molecule has 0 spiro atoms. The summed E-state index contributed by atoms with van der Waals surface area (Å²) in [7, 11) is -0.652. The predicted octanol–water partition coefficient (Wildman–Crippen LogP) is 7.53. The summed E-state index contributed by atoms with van der Waals surface area (Å²) < 4.78 is 54.0. The minimum absolute atomic E-state index is 0.342. The highest BCUT2D eigenvalue weighted by atomic mass is 32.2. The second-order valence-corrected chi connectivity index (χ2v) is 10.2. The van der Waals surface area contributed by atoms with Crippen molar-refractivity contribution in [2.75, 3.05) is 0 Å². The molecule has 4 nitrogen and oxygen atoms in total. The second kappa shape index (κ2) is 10.0. The summed E-state index contributed by atoms with van der Waals surface area (Å²) in [6.07, 6.45) is -2.80. The number of hydrogen-bond donors (Lipinski definition) is 0. The first-order valence-electron chi connectivity index (χ1n) is 10.9. The molecular formula is C26H24F3O4S+. The Hall–Kier alpha value is -3.13. The van der Waals surface area contributed by atoms with E-state index in [9.17, 15) is 18.0 Å². The molecule has 0 radical (unpaired) electrons. The molecule has 0 bridgehead atoms. The van der Waals surface area contributed by atoms with Crippen LogP contribution in [0.3, 0.4) is 0 Å². The molecule has 0 saturated heterocycles. The number of hydrogen-bond acceptors (Lipinski definition) is 4. The van der Waals surface area contributed by atoms with Gasteiger partial charge in [-0.2, -0.15) is 0 Å². The molecule has 0 unspecified atom stereocenters. The molecule has 34 heavy (non-hydrogen) atoms. The van der Waals surface area contributed by atoms with Crippen LogP contribution in [0, 0.1) is 0 Å². The van der Waals surface area contributed by atoms with E-state index in [1.54, 1.807) is 13.0 Å². The molecule has 0 N–H and O–H groups in total. The van der Waals surface area contributed by atoms with Crippen LogP contribution in [0.5, 0.6) is 11.5 Å². The summed E-state index contributed by atoms with van der Waals surface area (Å²) in [6.45, 7) is 1.80. The highest BCUT2D eigenvalue weighted by Crippen LogP contribution is 2.39. The topological polar surface area (TPSA) is 44.8 Å². The number of rotatable bonds is 6. The molecule has 3 aromatic rings. The van der Waals surface area contributed by atoms with Gasteiger partial charge in [-0.3, -0.25) is 0 Å². The zero-order chi connectivity index (χ0) is 24.2. The lowest BCUT2D eigenvalue weighted by molar-refractivity contribution is -0.275. The van der Waals surface area contributed by atoms with E-state index in [0.29, 0.717) is 17.7 Å². The van der Waals surface area contributed by atoms with E-state index in [2.05, 4.69) is 4.74 Å². The minimum atomic E-state index is -4.94. The van der Waals surface area contributed by atoms with Gasteiger partial charge in [-0.15, -0.1) is 13.2 Å². The van der Waals surface area contributed by atoms with Gasteiger partial charge in [-0.25, -0.2) is 4.79 Å². The minimum Gasteiger partial charge on any atom is -0.428 e. The molecule has 1 saturated carbocycles. The first kappa shape index (κ1) is 24.0. The maximum atomic E-state index is 13.0. The Morgan fingerprint density at radius 3 is 1.91 bits per heavy atom. The van der Waals surface area contributed by atoms with Gasteiger partial charge < -0.3 is 14.2 Å². The van der Waals surface area contributed by atoms with E-state index in [1.807, 2.05) is 60.7 Å². The third-order valence-corrected chi connectivity index (χ3v) is 7.73. The molecule has 0 heterocycles. The Bertz CT molecular complexity index is 1070. The van der Waals surface area contributed by atoms with Crippen LogP contribution in [0.1, 0.15) is 32.6 Å². The standard InChI is InChI=1S/C26H24F3O4S/c1-25(16-8-9-17-25)33-24(30)31-23-18-21(14-15-22(23)32-26(27,28)29)34(19-10-4-2-5-11-19)20-12-6-3-7-13-20/h2-7,10-15,18H,8-9,16-17H2,1H3/q+1. The Labute approximate surface area is 199 Å². The number of alkyl halides is 3. The number of carbonyl (C=O) groups excluding carboxylic acids is 1. The fourth-order valence-electron chi connectivity index (χ4n) is 3.96. The summed E-state index contributed by atoms with van der Waals surface area (Å²) in [5.74, 6) is -0.944. The SMILES string of the molecule is CC1(OC(=O)Oc2cc([S+](c3ccccc3)c3ccccc3)ccc2OC(F)(F)F)CCCC1. The maximum Gasteiger partial charge on any atom is 0.573 e. The Morgan fingerprint density at radius 1 is 0.824 bits per heavy atom. The molecule has 1 aliphatic carbocycles. The molecule has 4 rings (SSSR count). The summed E-state index contributed by atoms with van der Waals surface area (Å²) in [4.78, 5) is 15.1. The summed E-state index contributed by atoms with van der Waals surface area (Å²) in [5, 5.41) is 0. The predicted molar refractivity (Wildman–Crippen MR) is 122 cm³/mol. The van der Waals surface area contributed by atoms with Gasteiger partial charge in [0.1, 0.15) is 5.60 Å². The van der Waals surface area contributed by atoms with Crippen molar-refractivity contribution in [1.82, 2.24) is 0 Å². The lowest BCUT2D eigenvalue weighted by Crippen LogP contribution is -2.30. The monoisotopic (exact) mass is 489 g/mol. The second-order valence-electron chi connectivity index (χ2n) is 8.20. The molecule has 3 aromatic carbocycles. The average molecular weight is 490 g/mol. The summed E-state index contributed by atoms with van der Waals surface area (Å²) in [6, 6.07) is 23.3. The highest BCUT2D eigenvalue weighted by molar-refractivity contribution is 7.97. The van der Waals surface area contributed by atoms with Gasteiger partial charge in [0.05, 0.1) is 10.9 Å². The molecule has 1 fully saturated rings. The first-order chi connectivity index (χ1) is 16.2. The van der Waals surface area contributed by atoms with Crippen LogP contribution in [-0.4, -0.2) is 18.1 Å². The number of halogens is 3. The maximum absolute atomic E-state index is 13.0. The van der Waals surface area contributed by atoms with Gasteiger partial charge in [0, 0.05) is 6.07 Å². The van der Waals surface area contributed by atoms with E-state index in [0.717, 1.165) is 22.6 Å². The van der Waals surface area contributed by atoms with Crippen molar-refractivity contribution in [3.05, 3.63) is 78.9 Å². The van der Waals surface area contributed by atoms with Crippen molar-refractivity contribution in [2.24, 2.45) is 0 Å². The van der Waals surface area contributed by atoms with Crippen molar-refractivity contribution in [3.8, 4) is 11.5 Å². The van der Waals surface area contributed by atoms with E-state index >= 15 is 0 Å². The van der Waals surface area contributed by atoms with Crippen molar-refractivity contribution in [1.29, 1.82) is 0 Å². The zero-order valence-electron chi connectivity index (χ0n) is 18.5. The van der Waals surface area contributed by atoms with Crippen LogP contribution in [0.2, 0.25) is 0 Å². The van der Waals surface area contributed by atoms with E-state index in [-0.39, 0.29) is 5.75 Å². The third-order valence-electron chi connectivity index (χ3n) is 5.52. The van der Waals surface area contributed by atoms with Crippen molar-refractivity contribution in [3.63, 3.8) is 0 Å². The molecule has 0 aromatic heterocycles. The van der Waals surface area contributed by atoms with Crippen LogP contribution in [0.15, 0.2) is 93.5 Å². The molecular weight excluding hydrogens is 465 g/mol. The highest BCUT2D eigenvalue weighted by Gasteiger charge is 2.37. The number of ether oxygens (including phenoxy) is 3. The van der Waals surface area contributed by atoms with Crippen LogP contribution in [0.4, 0.5) is 18.0 Å².